The largest absolute Gasteiger partial charge is 0.431 e. The number of alkyl halides is 2. The number of aliphatic imine (C=N–C) groups is 1. The van der Waals surface area contributed by atoms with Gasteiger partial charge in [0.1, 0.15) is 0 Å². The van der Waals surface area contributed by atoms with E-state index in [9.17, 15) is 8.78 Å². The van der Waals surface area contributed by atoms with Gasteiger partial charge in [0.25, 0.3) is 0 Å². The van der Waals surface area contributed by atoms with E-state index in [2.05, 4.69) is 14.6 Å². The molecule has 1 aromatic heterocycles. The highest BCUT2D eigenvalue weighted by Crippen LogP contribution is 2.60. The number of ether oxygens (including phenoxy) is 2. The topological polar surface area (TPSA) is 99.0 Å². The van der Waals surface area contributed by atoms with Gasteiger partial charge in [0.05, 0.1) is 12.7 Å². The molecule has 9 heteroatoms. The van der Waals surface area contributed by atoms with Gasteiger partial charge >= 0.3 is 6.61 Å². The Kier molecular flexibility index (Phi) is 5.57. The fourth-order valence-electron chi connectivity index (χ4n) is 5.96. The van der Waals surface area contributed by atoms with Crippen LogP contribution in [-0.4, -0.2) is 59.6 Å². The summed E-state index contributed by atoms with van der Waals surface area (Å²) in [4.78, 5) is 11.5. The SMILES string of the molecule is CC(C)N=C(C=C(N)c1cnc(N)c(OC(F)F)c1)C1C2CC(N3CC4CC3CO4)CC21. The fourth-order valence-corrected chi connectivity index (χ4v) is 5.96. The van der Waals surface area contributed by atoms with E-state index in [1.165, 1.54) is 31.5 Å². The summed E-state index contributed by atoms with van der Waals surface area (Å²) in [6, 6.07) is 2.79. The molecule has 2 saturated carbocycles. The summed E-state index contributed by atoms with van der Waals surface area (Å²) in [5.74, 6) is 1.39. The number of hydrogen-bond acceptors (Lipinski definition) is 7. The lowest BCUT2D eigenvalue weighted by molar-refractivity contribution is -0.0495. The number of nitrogen functional groups attached to an aromatic ring is 1. The van der Waals surface area contributed by atoms with Crippen LogP contribution in [0.3, 0.4) is 0 Å². The molecule has 0 aromatic carbocycles. The third-order valence-corrected chi connectivity index (χ3v) is 7.32. The highest BCUT2D eigenvalue weighted by Gasteiger charge is 2.60. The van der Waals surface area contributed by atoms with Gasteiger partial charge in [-0.05, 0) is 57.1 Å². The molecule has 0 spiro atoms. The number of likely N-dealkylation sites (tertiary alicyclic amines) is 1. The third-order valence-electron chi connectivity index (χ3n) is 7.32. The van der Waals surface area contributed by atoms with Crippen LogP contribution in [0, 0.1) is 17.8 Å². The van der Waals surface area contributed by atoms with Gasteiger partial charge in [0.2, 0.25) is 0 Å². The minimum Gasteiger partial charge on any atom is -0.431 e. The highest BCUT2D eigenvalue weighted by molar-refractivity contribution is 6.04. The molecule has 2 aliphatic heterocycles. The van der Waals surface area contributed by atoms with Crippen molar-refractivity contribution in [2.45, 2.75) is 64.0 Å². The minimum absolute atomic E-state index is 0.0956. The molecule has 1 aromatic rings. The Labute approximate surface area is 186 Å². The third kappa shape index (κ3) is 4.08. The molecule has 174 valence electrons. The molecular formula is C23H31F2N5O2. The Morgan fingerprint density at radius 2 is 2.03 bits per heavy atom. The smallest absolute Gasteiger partial charge is 0.387 e. The van der Waals surface area contributed by atoms with Crippen LogP contribution < -0.4 is 16.2 Å². The molecule has 2 aliphatic carbocycles. The maximum atomic E-state index is 12.6. The van der Waals surface area contributed by atoms with Crippen LogP contribution in [-0.2, 0) is 4.74 Å². The molecule has 32 heavy (non-hydrogen) atoms. The van der Waals surface area contributed by atoms with E-state index in [-0.39, 0.29) is 17.6 Å². The second-order valence-electron chi connectivity index (χ2n) is 9.75. The first-order valence-electron chi connectivity index (χ1n) is 11.4. The molecule has 4 unspecified atom stereocenters. The van der Waals surface area contributed by atoms with Gasteiger partial charge in [-0.3, -0.25) is 9.89 Å². The lowest BCUT2D eigenvalue weighted by Crippen LogP contribution is -2.44. The molecule has 4 aliphatic rings. The maximum absolute atomic E-state index is 12.6. The monoisotopic (exact) mass is 447 g/mol. The van der Waals surface area contributed by atoms with Gasteiger partial charge in [-0.25, -0.2) is 4.98 Å². The number of aromatic nitrogens is 1. The van der Waals surface area contributed by atoms with Gasteiger partial charge in [0, 0.05) is 53.8 Å². The second kappa shape index (κ2) is 8.26. The summed E-state index contributed by atoms with van der Waals surface area (Å²) in [6.45, 7) is 3.07. The van der Waals surface area contributed by atoms with E-state index in [1.54, 1.807) is 0 Å². The molecular weight excluding hydrogens is 416 g/mol. The first-order chi connectivity index (χ1) is 15.3. The van der Waals surface area contributed by atoms with Crippen molar-refractivity contribution in [2.24, 2.45) is 28.5 Å². The Morgan fingerprint density at radius 1 is 1.28 bits per heavy atom. The summed E-state index contributed by atoms with van der Waals surface area (Å²) in [5.41, 5.74) is 13.9. The van der Waals surface area contributed by atoms with E-state index in [0.717, 1.165) is 18.9 Å². The Hall–Kier alpha value is -2.26. The Morgan fingerprint density at radius 3 is 2.62 bits per heavy atom. The predicted molar refractivity (Wildman–Crippen MR) is 118 cm³/mol. The number of nitrogens with zero attached hydrogens (tertiary/aromatic N) is 3. The lowest BCUT2D eigenvalue weighted by Gasteiger charge is -2.33. The van der Waals surface area contributed by atoms with E-state index in [0.29, 0.717) is 47.2 Å². The number of halogens is 2. The van der Waals surface area contributed by atoms with Gasteiger partial charge in [-0.1, -0.05) is 0 Å². The van der Waals surface area contributed by atoms with Crippen LogP contribution in [0.2, 0.25) is 0 Å². The summed E-state index contributed by atoms with van der Waals surface area (Å²) in [6.07, 6.45) is 7.35. The van der Waals surface area contributed by atoms with Crippen LogP contribution in [0.5, 0.6) is 5.75 Å². The quantitative estimate of drug-likeness (QED) is 0.624. The van der Waals surface area contributed by atoms with Gasteiger partial charge in [0.15, 0.2) is 11.6 Å². The molecule has 3 heterocycles. The number of pyridine rings is 1. The van der Waals surface area contributed by atoms with Crippen molar-refractivity contribution in [3.63, 3.8) is 0 Å². The number of nitrogens with two attached hydrogens (primary N) is 2. The van der Waals surface area contributed by atoms with Crippen molar-refractivity contribution in [1.82, 2.24) is 9.88 Å². The zero-order valence-electron chi connectivity index (χ0n) is 18.5. The number of hydrogen-bond donors (Lipinski definition) is 2. The molecule has 0 amide bonds. The molecule has 4 N–H and O–H groups in total. The first-order valence-corrected chi connectivity index (χ1v) is 11.4. The fraction of sp³-hybridized carbons (Fsp3) is 0.652. The van der Waals surface area contributed by atoms with Crippen LogP contribution in [0.1, 0.15) is 38.7 Å². The summed E-state index contributed by atoms with van der Waals surface area (Å²) < 4.78 is 35.5. The van der Waals surface area contributed by atoms with Crippen molar-refractivity contribution in [3.05, 3.63) is 23.9 Å². The molecule has 7 nitrogen and oxygen atoms in total. The molecule has 4 atom stereocenters. The van der Waals surface area contributed by atoms with Crippen LogP contribution in [0.4, 0.5) is 14.6 Å². The maximum Gasteiger partial charge on any atom is 0.387 e. The summed E-state index contributed by atoms with van der Waals surface area (Å²) in [7, 11) is 0. The zero-order chi connectivity index (χ0) is 22.6. The minimum atomic E-state index is -2.98. The van der Waals surface area contributed by atoms with Crippen molar-refractivity contribution >= 4 is 17.2 Å². The van der Waals surface area contributed by atoms with E-state index >= 15 is 0 Å². The molecule has 4 fully saturated rings. The number of rotatable bonds is 7. The standard InChI is InChI=1S/C23H31F2N5O2/c1-11(2)29-19(7-18(26)12-3-20(32-23(24)25)22(27)28-8-12)21-16-5-13(6-17(16)21)30-9-15-4-14(30)10-31-15/h3,7-8,11,13-17,21,23H,4-6,9-10,26H2,1-2H3,(H2,27,28). The Bertz CT molecular complexity index is 925. The second-order valence-corrected chi connectivity index (χ2v) is 9.75. The first kappa shape index (κ1) is 21.6. The summed E-state index contributed by atoms with van der Waals surface area (Å²) >= 11 is 0. The molecule has 5 rings (SSSR count). The number of anilines is 1. The highest BCUT2D eigenvalue weighted by atomic mass is 19.3. The summed E-state index contributed by atoms with van der Waals surface area (Å²) in [5, 5.41) is 0. The van der Waals surface area contributed by atoms with Crippen molar-refractivity contribution in [3.8, 4) is 5.75 Å². The van der Waals surface area contributed by atoms with Crippen LogP contribution >= 0.6 is 0 Å². The van der Waals surface area contributed by atoms with Crippen molar-refractivity contribution in [1.29, 1.82) is 0 Å². The average molecular weight is 448 g/mol. The van der Waals surface area contributed by atoms with E-state index < -0.39 is 6.61 Å². The zero-order valence-corrected chi connectivity index (χ0v) is 18.5. The Balaban J connectivity index is 1.30. The van der Waals surface area contributed by atoms with Crippen LogP contribution in [0.25, 0.3) is 5.70 Å². The van der Waals surface area contributed by atoms with E-state index in [4.69, 9.17) is 21.2 Å². The molecule has 2 saturated heterocycles. The predicted octanol–water partition coefficient (Wildman–Crippen LogP) is 2.91. The molecule has 2 bridgehead atoms. The number of fused-ring (bicyclic) bond motifs is 3. The van der Waals surface area contributed by atoms with Gasteiger partial charge < -0.3 is 20.9 Å². The van der Waals surface area contributed by atoms with Crippen molar-refractivity contribution < 1.29 is 18.3 Å². The van der Waals surface area contributed by atoms with E-state index in [1.807, 2.05) is 19.9 Å². The normalized spacial score (nSPS) is 34.6. The average Bonchev–Trinajstić information content (AvgIpc) is 3.16. The lowest BCUT2D eigenvalue weighted by atomic mass is 10.00. The molecule has 0 radical (unpaired) electrons. The van der Waals surface area contributed by atoms with Gasteiger partial charge in [-0.2, -0.15) is 8.78 Å². The van der Waals surface area contributed by atoms with Crippen LogP contribution in [0.15, 0.2) is 23.3 Å². The number of morpholine rings is 1. The van der Waals surface area contributed by atoms with Crippen molar-refractivity contribution in [2.75, 3.05) is 18.9 Å². The van der Waals surface area contributed by atoms with Gasteiger partial charge in [-0.15, -0.1) is 0 Å². The number of allylic oxidation sites excluding steroid dienone is 1.